The zero-order chi connectivity index (χ0) is 17.8. The van der Waals surface area contributed by atoms with Crippen molar-refractivity contribution in [3.05, 3.63) is 58.7 Å². The van der Waals surface area contributed by atoms with Crippen molar-refractivity contribution in [2.45, 2.75) is 20.4 Å². The number of carbonyl (C=O) groups excluding carboxylic acids is 1. The van der Waals surface area contributed by atoms with Crippen LogP contribution >= 0.6 is 36.6 Å². The number of aryl methyl sites for hydroxylation is 2. The summed E-state index contributed by atoms with van der Waals surface area (Å²) >= 11 is 2.02. The van der Waals surface area contributed by atoms with Crippen LogP contribution in [0.15, 0.2) is 36.4 Å². The van der Waals surface area contributed by atoms with E-state index in [2.05, 4.69) is 22.3 Å². The SMILES string of the molecule is Cc1cc(CN2CCSCC2)ccc1NC(=O)c1cc(N)ccc1C.Cl.Cl. The third-order valence-corrected chi connectivity index (χ3v) is 5.50. The summed E-state index contributed by atoms with van der Waals surface area (Å²) in [6.45, 7) is 7.23. The fourth-order valence-electron chi connectivity index (χ4n) is 3.06. The van der Waals surface area contributed by atoms with Gasteiger partial charge in [0.1, 0.15) is 0 Å². The summed E-state index contributed by atoms with van der Waals surface area (Å²) in [7, 11) is 0. The van der Waals surface area contributed by atoms with Crippen LogP contribution in [0.3, 0.4) is 0 Å². The minimum Gasteiger partial charge on any atom is -0.399 e. The first-order chi connectivity index (χ1) is 12.0. The van der Waals surface area contributed by atoms with Crippen LogP contribution < -0.4 is 11.1 Å². The van der Waals surface area contributed by atoms with Crippen molar-refractivity contribution in [1.82, 2.24) is 4.90 Å². The van der Waals surface area contributed by atoms with Gasteiger partial charge in [-0.05, 0) is 48.7 Å². The zero-order valence-electron chi connectivity index (χ0n) is 15.7. The molecule has 2 aromatic rings. The van der Waals surface area contributed by atoms with Crippen molar-refractivity contribution in [3.63, 3.8) is 0 Å². The van der Waals surface area contributed by atoms with Gasteiger partial charge in [0.15, 0.2) is 0 Å². The smallest absolute Gasteiger partial charge is 0.256 e. The third-order valence-electron chi connectivity index (χ3n) is 4.56. The van der Waals surface area contributed by atoms with Crippen LogP contribution in [-0.2, 0) is 6.54 Å². The number of nitrogens with one attached hydrogen (secondary N) is 1. The number of nitrogen functional groups attached to an aromatic ring is 1. The molecule has 3 rings (SSSR count). The first-order valence-electron chi connectivity index (χ1n) is 8.60. The highest BCUT2D eigenvalue weighted by Crippen LogP contribution is 2.21. The van der Waals surface area contributed by atoms with Crippen molar-refractivity contribution >= 4 is 53.9 Å². The minimum absolute atomic E-state index is 0. The average molecular weight is 428 g/mol. The molecule has 0 radical (unpaired) electrons. The molecule has 0 aromatic heterocycles. The Balaban J connectivity index is 0.00000182. The van der Waals surface area contributed by atoms with Gasteiger partial charge in [0.05, 0.1) is 0 Å². The molecule has 0 bridgehead atoms. The zero-order valence-corrected chi connectivity index (χ0v) is 18.1. The van der Waals surface area contributed by atoms with Crippen LogP contribution in [0.4, 0.5) is 11.4 Å². The van der Waals surface area contributed by atoms with E-state index in [-0.39, 0.29) is 30.7 Å². The summed E-state index contributed by atoms with van der Waals surface area (Å²) in [6, 6.07) is 11.7. The topological polar surface area (TPSA) is 58.4 Å². The van der Waals surface area contributed by atoms with E-state index >= 15 is 0 Å². The number of halogens is 2. The van der Waals surface area contributed by atoms with Gasteiger partial charge in [-0.1, -0.05) is 18.2 Å². The van der Waals surface area contributed by atoms with E-state index in [1.807, 2.05) is 43.8 Å². The molecule has 1 fully saturated rings. The predicted molar refractivity (Wildman–Crippen MR) is 122 cm³/mol. The summed E-state index contributed by atoms with van der Waals surface area (Å²) in [4.78, 5) is 15.0. The van der Waals surface area contributed by atoms with Crippen LogP contribution in [0.2, 0.25) is 0 Å². The van der Waals surface area contributed by atoms with E-state index in [1.54, 1.807) is 6.07 Å². The molecule has 0 unspecified atom stereocenters. The summed E-state index contributed by atoms with van der Waals surface area (Å²) in [6.07, 6.45) is 0. The Morgan fingerprint density at radius 3 is 2.44 bits per heavy atom. The van der Waals surface area contributed by atoms with Crippen molar-refractivity contribution in [3.8, 4) is 0 Å². The summed E-state index contributed by atoms with van der Waals surface area (Å²) in [5.41, 5.74) is 11.2. The molecular weight excluding hydrogens is 401 g/mol. The maximum absolute atomic E-state index is 12.6. The molecule has 0 atom stereocenters. The lowest BCUT2D eigenvalue weighted by molar-refractivity contribution is 0.102. The van der Waals surface area contributed by atoms with E-state index in [9.17, 15) is 4.79 Å². The average Bonchev–Trinajstić information content (AvgIpc) is 2.60. The first-order valence-corrected chi connectivity index (χ1v) is 9.75. The summed E-state index contributed by atoms with van der Waals surface area (Å²) in [5, 5.41) is 3.01. The van der Waals surface area contributed by atoms with Gasteiger partial charge < -0.3 is 11.1 Å². The minimum atomic E-state index is -0.117. The molecule has 4 nitrogen and oxygen atoms in total. The standard InChI is InChI=1S/C20H25N3OS.2ClH/c1-14-3-5-17(21)12-18(14)20(24)22-19-6-4-16(11-15(19)2)13-23-7-9-25-10-8-23;;/h3-6,11-12H,7-10,13,21H2,1-2H3,(H,22,24);2*1H. The number of anilines is 2. The van der Waals surface area contributed by atoms with Crippen LogP contribution in [0.1, 0.15) is 27.0 Å². The van der Waals surface area contributed by atoms with E-state index in [1.165, 1.54) is 17.1 Å². The van der Waals surface area contributed by atoms with E-state index in [0.717, 1.165) is 36.4 Å². The van der Waals surface area contributed by atoms with Gasteiger partial charge >= 0.3 is 0 Å². The molecule has 7 heteroatoms. The number of thioether (sulfide) groups is 1. The van der Waals surface area contributed by atoms with E-state index in [0.29, 0.717) is 11.3 Å². The number of carbonyl (C=O) groups is 1. The molecule has 27 heavy (non-hydrogen) atoms. The second kappa shape index (κ2) is 10.8. The number of nitrogens with zero attached hydrogens (tertiary/aromatic N) is 1. The molecule has 0 saturated carbocycles. The van der Waals surface area contributed by atoms with Crippen molar-refractivity contribution in [2.24, 2.45) is 0 Å². The number of nitrogens with two attached hydrogens (primary N) is 1. The van der Waals surface area contributed by atoms with Gasteiger partial charge in [-0.2, -0.15) is 11.8 Å². The van der Waals surface area contributed by atoms with Gasteiger partial charge in [-0.3, -0.25) is 9.69 Å². The Labute approximate surface area is 178 Å². The highest BCUT2D eigenvalue weighted by Gasteiger charge is 2.13. The molecule has 0 spiro atoms. The second-order valence-corrected chi connectivity index (χ2v) is 7.79. The maximum atomic E-state index is 12.6. The van der Waals surface area contributed by atoms with Crippen LogP contribution in [-0.4, -0.2) is 35.4 Å². The molecule has 1 heterocycles. The van der Waals surface area contributed by atoms with Gasteiger partial charge in [0, 0.05) is 48.1 Å². The molecule has 0 aliphatic carbocycles. The third kappa shape index (κ3) is 6.32. The molecular formula is C20H27Cl2N3OS. The van der Waals surface area contributed by atoms with Crippen molar-refractivity contribution in [2.75, 3.05) is 35.6 Å². The first kappa shape index (κ1) is 23.6. The summed E-state index contributed by atoms with van der Waals surface area (Å²) < 4.78 is 0. The molecule has 1 saturated heterocycles. The Kier molecular flexibility index (Phi) is 9.47. The molecule has 3 N–H and O–H groups in total. The highest BCUT2D eigenvalue weighted by atomic mass is 35.5. The Bertz CT molecular complexity index is 780. The summed E-state index contributed by atoms with van der Waals surface area (Å²) in [5.74, 6) is 2.31. The second-order valence-electron chi connectivity index (χ2n) is 6.57. The van der Waals surface area contributed by atoms with E-state index < -0.39 is 0 Å². The number of amides is 1. The van der Waals surface area contributed by atoms with Gasteiger partial charge in [-0.15, -0.1) is 24.8 Å². The molecule has 1 amide bonds. The van der Waals surface area contributed by atoms with Crippen molar-refractivity contribution in [1.29, 1.82) is 0 Å². The maximum Gasteiger partial charge on any atom is 0.256 e. The molecule has 1 aliphatic rings. The lowest BCUT2D eigenvalue weighted by Gasteiger charge is -2.26. The molecule has 2 aromatic carbocycles. The quantitative estimate of drug-likeness (QED) is 0.703. The van der Waals surface area contributed by atoms with Crippen LogP contribution in [0, 0.1) is 13.8 Å². The number of hydrogen-bond acceptors (Lipinski definition) is 4. The number of hydrogen-bond donors (Lipinski definition) is 2. The predicted octanol–water partition coefficient (Wildman–Crippen LogP) is 4.53. The fraction of sp³-hybridized carbons (Fsp3) is 0.350. The molecule has 148 valence electrons. The Morgan fingerprint density at radius 1 is 1.07 bits per heavy atom. The lowest BCUT2D eigenvalue weighted by Crippen LogP contribution is -2.31. The Hall–Kier alpha value is -1.40. The van der Waals surface area contributed by atoms with Crippen LogP contribution in [0.25, 0.3) is 0 Å². The van der Waals surface area contributed by atoms with Gasteiger partial charge in [-0.25, -0.2) is 0 Å². The van der Waals surface area contributed by atoms with Gasteiger partial charge in [0.2, 0.25) is 0 Å². The Morgan fingerprint density at radius 2 is 1.78 bits per heavy atom. The van der Waals surface area contributed by atoms with Gasteiger partial charge in [0.25, 0.3) is 5.91 Å². The normalized spacial score (nSPS) is 14.0. The lowest BCUT2D eigenvalue weighted by atomic mass is 10.1. The monoisotopic (exact) mass is 427 g/mol. The van der Waals surface area contributed by atoms with Crippen LogP contribution in [0.5, 0.6) is 0 Å². The van der Waals surface area contributed by atoms with Crippen molar-refractivity contribution < 1.29 is 4.79 Å². The number of rotatable bonds is 4. The number of benzene rings is 2. The highest BCUT2D eigenvalue weighted by molar-refractivity contribution is 7.99. The fourth-order valence-corrected chi connectivity index (χ4v) is 4.03. The largest absolute Gasteiger partial charge is 0.399 e. The molecule has 1 aliphatic heterocycles. The van der Waals surface area contributed by atoms with E-state index in [4.69, 9.17) is 5.73 Å².